The number of nitrogens with two attached hydrogens (primary N) is 1. The molecule has 0 aliphatic heterocycles. The minimum absolute atomic E-state index is 0.0933. The maximum Gasteiger partial charge on any atom is 0.304 e. The van der Waals surface area contributed by atoms with Crippen molar-refractivity contribution in [2.75, 3.05) is 13.7 Å². The first-order valence-electron chi connectivity index (χ1n) is 5.53. The Balaban J connectivity index is 2.40. The lowest BCUT2D eigenvalue weighted by Gasteiger charge is -2.11. The molecule has 1 unspecified atom stereocenters. The molecule has 0 fully saturated rings. The highest BCUT2D eigenvalue weighted by Crippen LogP contribution is 2.17. The lowest BCUT2D eigenvalue weighted by molar-refractivity contribution is -0.137. The van der Waals surface area contributed by atoms with Gasteiger partial charge in [0.1, 0.15) is 0 Å². The molecular formula is C12H17FN2O3. The number of rotatable bonds is 7. The summed E-state index contributed by atoms with van der Waals surface area (Å²) in [5.74, 6) is -1.16. The third-order valence-electron chi connectivity index (χ3n) is 2.39. The number of aliphatic carboxylic acids is 1. The van der Waals surface area contributed by atoms with E-state index in [1.165, 1.54) is 13.2 Å². The Bertz CT molecular complexity index is 412. The van der Waals surface area contributed by atoms with E-state index in [-0.39, 0.29) is 12.2 Å². The molecule has 0 radical (unpaired) electrons. The van der Waals surface area contributed by atoms with Gasteiger partial charge in [-0.05, 0) is 17.7 Å². The van der Waals surface area contributed by atoms with Gasteiger partial charge in [-0.1, -0.05) is 6.07 Å². The van der Waals surface area contributed by atoms with Crippen molar-refractivity contribution in [1.29, 1.82) is 0 Å². The van der Waals surface area contributed by atoms with Gasteiger partial charge in [-0.15, -0.1) is 0 Å². The molecule has 0 saturated heterocycles. The van der Waals surface area contributed by atoms with Crippen LogP contribution in [0.15, 0.2) is 18.2 Å². The number of hydrogen-bond donors (Lipinski definition) is 3. The second-order valence-electron chi connectivity index (χ2n) is 3.96. The number of carbonyl (C=O) groups is 1. The first kappa shape index (κ1) is 14.4. The van der Waals surface area contributed by atoms with Crippen molar-refractivity contribution in [3.8, 4) is 5.75 Å². The Morgan fingerprint density at radius 1 is 1.61 bits per heavy atom. The quantitative estimate of drug-likeness (QED) is 0.669. The Labute approximate surface area is 105 Å². The second-order valence-corrected chi connectivity index (χ2v) is 3.96. The molecule has 0 spiro atoms. The van der Waals surface area contributed by atoms with Crippen LogP contribution in [0.3, 0.4) is 0 Å². The van der Waals surface area contributed by atoms with Crippen molar-refractivity contribution < 1.29 is 19.0 Å². The molecule has 0 aliphatic rings. The molecule has 6 heteroatoms. The summed E-state index contributed by atoms with van der Waals surface area (Å²) in [5.41, 5.74) is 6.32. The lowest BCUT2D eigenvalue weighted by Crippen LogP contribution is -2.35. The Morgan fingerprint density at radius 2 is 2.33 bits per heavy atom. The van der Waals surface area contributed by atoms with Crippen molar-refractivity contribution in [1.82, 2.24) is 5.32 Å². The van der Waals surface area contributed by atoms with Gasteiger partial charge in [0.15, 0.2) is 11.6 Å². The van der Waals surface area contributed by atoms with Crippen LogP contribution in [0, 0.1) is 5.82 Å². The van der Waals surface area contributed by atoms with Gasteiger partial charge >= 0.3 is 5.97 Å². The maximum absolute atomic E-state index is 13.4. The minimum Gasteiger partial charge on any atom is -0.494 e. The average Bonchev–Trinajstić information content (AvgIpc) is 2.28. The number of halogens is 1. The number of methoxy groups -OCH3 is 1. The number of nitrogens with one attached hydrogen (secondary N) is 1. The number of benzene rings is 1. The molecule has 0 heterocycles. The van der Waals surface area contributed by atoms with E-state index in [1.807, 2.05) is 0 Å². The maximum atomic E-state index is 13.4. The van der Waals surface area contributed by atoms with Gasteiger partial charge in [-0.25, -0.2) is 4.39 Å². The fourth-order valence-electron chi connectivity index (χ4n) is 1.52. The number of carboxylic acid groups (broad SMARTS) is 1. The zero-order valence-electron chi connectivity index (χ0n) is 10.1. The molecule has 5 nitrogen and oxygen atoms in total. The average molecular weight is 256 g/mol. The van der Waals surface area contributed by atoms with Gasteiger partial charge in [0.2, 0.25) is 0 Å². The van der Waals surface area contributed by atoms with Crippen molar-refractivity contribution in [2.24, 2.45) is 5.73 Å². The first-order valence-corrected chi connectivity index (χ1v) is 5.53. The van der Waals surface area contributed by atoms with Crippen molar-refractivity contribution in [3.63, 3.8) is 0 Å². The lowest BCUT2D eigenvalue weighted by atomic mass is 10.2. The Hall–Kier alpha value is -1.66. The molecule has 0 bridgehead atoms. The summed E-state index contributed by atoms with van der Waals surface area (Å²) < 4.78 is 18.2. The van der Waals surface area contributed by atoms with Crippen LogP contribution in [0.25, 0.3) is 0 Å². The zero-order valence-corrected chi connectivity index (χ0v) is 10.1. The van der Waals surface area contributed by atoms with Crippen LogP contribution in [0.2, 0.25) is 0 Å². The fourth-order valence-corrected chi connectivity index (χ4v) is 1.52. The van der Waals surface area contributed by atoms with E-state index in [1.54, 1.807) is 12.1 Å². The molecule has 0 saturated carbocycles. The van der Waals surface area contributed by atoms with Crippen LogP contribution in [0.1, 0.15) is 12.0 Å². The Morgan fingerprint density at radius 3 is 2.89 bits per heavy atom. The van der Waals surface area contributed by atoms with E-state index in [2.05, 4.69) is 5.32 Å². The van der Waals surface area contributed by atoms with E-state index in [9.17, 15) is 9.18 Å². The van der Waals surface area contributed by atoms with Crippen LogP contribution in [0.5, 0.6) is 5.75 Å². The smallest absolute Gasteiger partial charge is 0.304 e. The SMILES string of the molecule is COc1ccc(CNCC(N)CC(=O)O)cc1F. The van der Waals surface area contributed by atoms with Gasteiger partial charge in [-0.2, -0.15) is 0 Å². The zero-order chi connectivity index (χ0) is 13.5. The normalized spacial score (nSPS) is 12.2. The van der Waals surface area contributed by atoms with Crippen molar-refractivity contribution in [3.05, 3.63) is 29.6 Å². The number of carboxylic acids is 1. The third kappa shape index (κ3) is 4.68. The molecular weight excluding hydrogens is 239 g/mol. The largest absolute Gasteiger partial charge is 0.494 e. The summed E-state index contributed by atoms with van der Waals surface area (Å²) in [7, 11) is 1.40. The molecule has 0 amide bonds. The predicted molar refractivity (Wildman–Crippen MR) is 64.9 cm³/mol. The van der Waals surface area contributed by atoms with Crippen molar-refractivity contribution in [2.45, 2.75) is 19.0 Å². The van der Waals surface area contributed by atoms with E-state index in [0.29, 0.717) is 13.1 Å². The van der Waals surface area contributed by atoms with Crippen LogP contribution >= 0.6 is 0 Å². The van der Waals surface area contributed by atoms with Gasteiger partial charge in [0.05, 0.1) is 13.5 Å². The summed E-state index contributed by atoms with van der Waals surface area (Å²) in [6, 6.07) is 4.20. The number of ether oxygens (including phenoxy) is 1. The minimum atomic E-state index is -0.931. The fraction of sp³-hybridized carbons (Fsp3) is 0.417. The molecule has 0 aromatic heterocycles. The molecule has 18 heavy (non-hydrogen) atoms. The van der Waals surface area contributed by atoms with E-state index >= 15 is 0 Å². The topological polar surface area (TPSA) is 84.6 Å². The monoisotopic (exact) mass is 256 g/mol. The Kier molecular flexibility index (Phi) is 5.54. The standard InChI is InChI=1S/C12H17FN2O3/c1-18-11-3-2-8(4-10(11)13)6-15-7-9(14)5-12(16)17/h2-4,9,15H,5-7,14H2,1H3,(H,16,17). The highest BCUT2D eigenvalue weighted by molar-refractivity contribution is 5.67. The molecule has 100 valence electrons. The third-order valence-corrected chi connectivity index (χ3v) is 2.39. The van der Waals surface area contributed by atoms with Crippen LogP contribution in [-0.4, -0.2) is 30.8 Å². The van der Waals surface area contributed by atoms with Gasteiger partial charge in [0, 0.05) is 19.1 Å². The summed E-state index contributed by atoms with van der Waals surface area (Å²) in [4.78, 5) is 10.4. The van der Waals surface area contributed by atoms with E-state index in [0.717, 1.165) is 5.56 Å². The van der Waals surface area contributed by atoms with E-state index < -0.39 is 17.8 Å². The molecule has 4 N–H and O–H groups in total. The van der Waals surface area contributed by atoms with Gasteiger partial charge in [0.25, 0.3) is 0 Å². The predicted octanol–water partition coefficient (Wildman–Crippen LogP) is 0.726. The number of hydrogen-bond acceptors (Lipinski definition) is 4. The molecule has 1 aromatic rings. The highest BCUT2D eigenvalue weighted by Gasteiger charge is 2.08. The summed E-state index contributed by atoms with van der Waals surface area (Å²) >= 11 is 0. The second kappa shape index (κ2) is 6.93. The molecule has 1 rings (SSSR count). The molecule has 0 aliphatic carbocycles. The van der Waals surface area contributed by atoms with E-state index in [4.69, 9.17) is 15.6 Å². The van der Waals surface area contributed by atoms with Crippen LogP contribution in [0.4, 0.5) is 4.39 Å². The molecule has 1 aromatic carbocycles. The van der Waals surface area contributed by atoms with Gasteiger partial charge < -0.3 is 20.9 Å². The summed E-state index contributed by atoms with van der Waals surface area (Å²) in [5, 5.41) is 11.5. The highest BCUT2D eigenvalue weighted by atomic mass is 19.1. The summed E-state index contributed by atoms with van der Waals surface area (Å²) in [6.07, 6.45) is -0.0933. The molecule has 1 atom stereocenters. The van der Waals surface area contributed by atoms with Crippen LogP contribution in [-0.2, 0) is 11.3 Å². The van der Waals surface area contributed by atoms with Crippen molar-refractivity contribution >= 4 is 5.97 Å². The summed E-state index contributed by atoms with van der Waals surface area (Å²) in [6.45, 7) is 0.786. The first-order chi connectivity index (χ1) is 8.52. The van der Waals surface area contributed by atoms with Crippen LogP contribution < -0.4 is 15.8 Å². The van der Waals surface area contributed by atoms with Gasteiger partial charge in [-0.3, -0.25) is 4.79 Å².